The van der Waals surface area contributed by atoms with Gasteiger partial charge in [-0.15, -0.1) is 0 Å². The van der Waals surface area contributed by atoms with Crippen molar-refractivity contribution >= 4 is 12.0 Å². The van der Waals surface area contributed by atoms with E-state index in [-0.39, 0.29) is 24.5 Å². The number of aliphatic carboxylic acids is 1. The third-order valence-corrected chi connectivity index (χ3v) is 3.87. The largest absolute Gasteiger partial charge is 0.480 e. The zero-order chi connectivity index (χ0) is 15.3. The summed E-state index contributed by atoms with van der Waals surface area (Å²) in [6.45, 7) is 8.69. The Morgan fingerprint density at radius 3 is 2.30 bits per heavy atom. The standard InChI is InChI=1S/C15H28N2O3/c1-11(2)9-17(10-13(18)19)14(20)16-12-5-7-15(3,4)8-6-12/h11-12H,5-10H2,1-4H3,(H,16,20)(H,18,19). The van der Waals surface area contributed by atoms with Crippen LogP contribution in [0.1, 0.15) is 53.4 Å². The van der Waals surface area contributed by atoms with Gasteiger partial charge in [0.15, 0.2) is 0 Å². The van der Waals surface area contributed by atoms with E-state index in [0.717, 1.165) is 25.7 Å². The summed E-state index contributed by atoms with van der Waals surface area (Å²) >= 11 is 0. The van der Waals surface area contributed by atoms with Crippen molar-refractivity contribution in [2.45, 2.75) is 59.4 Å². The van der Waals surface area contributed by atoms with Crippen LogP contribution in [0.15, 0.2) is 0 Å². The number of nitrogens with one attached hydrogen (secondary N) is 1. The molecule has 1 fully saturated rings. The van der Waals surface area contributed by atoms with Gasteiger partial charge in [0, 0.05) is 12.6 Å². The Labute approximate surface area is 121 Å². The van der Waals surface area contributed by atoms with Crippen LogP contribution in [0.25, 0.3) is 0 Å². The molecule has 0 saturated heterocycles. The molecule has 0 heterocycles. The first-order valence-corrected chi connectivity index (χ1v) is 7.47. The van der Waals surface area contributed by atoms with Crippen molar-refractivity contribution in [1.29, 1.82) is 0 Å². The molecule has 2 N–H and O–H groups in total. The molecule has 5 heteroatoms. The Morgan fingerprint density at radius 1 is 1.30 bits per heavy atom. The van der Waals surface area contributed by atoms with E-state index in [9.17, 15) is 9.59 Å². The summed E-state index contributed by atoms with van der Waals surface area (Å²) in [4.78, 5) is 24.4. The third-order valence-electron chi connectivity index (χ3n) is 3.87. The van der Waals surface area contributed by atoms with Gasteiger partial charge in [0.1, 0.15) is 6.54 Å². The van der Waals surface area contributed by atoms with Crippen LogP contribution in [0.3, 0.4) is 0 Å². The van der Waals surface area contributed by atoms with Crippen LogP contribution in [0, 0.1) is 11.3 Å². The first-order valence-electron chi connectivity index (χ1n) is 7.47. The molecular weight excluding hydrogens is 256 g/mol. The summed E-state index contributed by atoms with van der Waals surface area (Å²) < 4.78 is 0. The zero-order valence-electron chi connectivity index (χ0n) is 13.1. The molecule has 2 amide bonds. The van der Waals surface area contributed by atoms with E-state index >= 15 is 0 Å². The molecule has 5 nitrogen and oxygen atoms in total. The molecule has 0 unspecified atom stereocenters. The predicted octanol–water partition coefficient (Wildman–Crippen LogP) is 2.71. The lowest BCUT2D eigenvalue weighted by atomic mass is 9.75. The number of carbonyl (C=O) groups excluding carboxylic acids is 1. The highest BCUT2D eigenvalue weighted by Crippen LogP contribution is 2.34. The fraction of sp³-hybridized carbons (Fsp3) is 0.867. The molecule has 0 bridgehead atoms. The van der Waals surface area contributed by atoms with Gasteiger partial charge < -0.3 is 15.3 Å². The number of nitrogens with zero attached hydrogens (tertiary/aromatic N) is 1. The number of hydrogen-bond acceptors (Lipinski definition) is 2. The minimum Gasteiger partial charge on any atom is -0.480 e. The van der Waals surface area contributed by atoms with Crippen LogP contribution in [0.5, 0.6) is 0 Å². The van der Waals surface area contributed by atoms with E-state index in [1.54, 1.807) is 0 Å². The summed E-state index contributed by atoms with van der Waals surface area (Å²) in [7, 11) is 0. The number of hydrogen-bond donors (Lipinski definition) is 2. The molecule has 1 aliphatic rings. The molecule has 0 aromatic heterocycles. The van der Waals surface area contributed by atoms with Crippen molar-refractivity contribution in [3.8, 4) is 0 Å². The van der Waals surface area contributed by atoms with E-state index in [2.05, 4.69) is 19.2 Å². The Bertz CT molecular complexity index is 343. The SMILES string of the molecule is CC(C)CN(CC(=O)O)C(=O)NC1CCC(C)(C)CC1. The van der Waals surface area contributed by atoms with Crippen LogP contribution in [0.4, 0.5) is 4.79 Å². The maximum atomic E-state index is 12.2. The first kappa shape index (κ1) is 16.8. The highest BCUT2D eigenvalue weighted by atomic mass is 16.4. The molecule has 0 aromatic carbocycles. The molecule has 116 valence electrons. The Balaban J connectivity index is 2.51. The number of urea groups is 1. The van der Waals surface area contributed by atoms with E-state index in [1.165, 1.54) is 4.90 Å². The van der Waals surface area contributed by atoms with Crippen molar-refractivity contribution in [2.24, 2.45) is 11.3 Å². The zero-order valence-corrected chi connectivity index (χ0v) is 13.1. The molecule has 1 rings (SSSR count). The lowest BCUT2D eigenvalue weighted by molar-refractivity contribution is -0.137. The van der Waals surface area contributed by atoms with Crippen LogP contribution in [0.2, 0.25) is 0 Å². The van der Waals surface area contributed by atoms with Gasteiger partial charge >= 0.3 is 12.0 Å². The molecule has 0 aromatic rings. The highest BCUT2D eigenvalue weighted by Gasteiger charge is 2.29. The molecular formula is C15H28N2O3. The maximum Gasteiger partial charge on any atom is 0.323 e. The van der Waals surface area contributed by atoms with Crippen LogP contribution >= 0.6 is 0 Å². The van der Waals surface area contributed by atoms with E-state index in [1.807, 2.05) is 13.8 Å². The van der Waals surface area contributed by atoms with E-state index in [4.69, 9.17) is 5.11 Å². The number of carbonyl (C=O) groups is 2. The number of amides is 2. The van der Waals surface area contributed by atoms with Gasteiger partial charge in [0.2, 0.25) is 0 Å². The minimum absolute atomic E-state index is 0.180. The van der Waals surface area contributed by atoms with Crippen molar-refractivity contribution in [3.63, 3.8) is 0 Å². The van der Waals surface area contributed by atoms with Crippen LogP contribution in [-0.2, 0) is 4.79 Å². The normalized spacial score (nSPS) is 18.9. The molecule has 0 atom stereocenters. The van der Waals surface area contributed by atoms with Gasteiger partial charge in [-0.1, -0.05) is 27.7 Å². The van der Waals surface area contributed by atoms with Gasteiger partial charge in [-0.05, 0) is 37.0 Å². The molecule has 1 aliphatic carbocycles. The van der Waals surface area contributed by atoms with Crippen molar-refractivity contribution in [3.05, 3.63) is 0 Å². The molecule has 0 spiro atoms. The van der Waals surface area contributed by atoms with Gasteiger partial charge in [-0.2, -0.15) is 0 Å². The quantitative estimate of drug-likeness (QED) is 0.815. The Kier molecular flexibility index (Phi) is 5.84. The first-order chi connectivity index (χ1) is 9.19. The highest BCUT2D eigenvalue weighted by molar-refractivity contribution is 5.80. The summed E-state index contributed by atoms with van der Waals surface area (Å²) in [5.41, 5.74) is 0.361. The fourth-order valence-corrected chi connectivity index (χ4v) is 2.63. The number of carboxylic acids is 1. The summed E-state index contributed by atoms with van der Waals surface area (Å²) in [6, 6.07) is -0.0650. The Morgan fingerprint density at radius 2 is 1.85 bits per heavy atom. The molecule has 0 radical (unpaired) electrons. The summed E-state index contributed by atoms with van der Waals surface area (Å²) in [5.74, 6) is -0.712. The number of carboxylic acid groups (broad SMARTS) is 1. The van der Waals surface area contributed by atoms with Crippen molar-refractivity contribution < 1.29 is 14.7 Å². The monoisotopic (exact) mass is 284 g/mol. The van der Waals surface area contributed by atoms with Gasteiger partial charge in [-0.25, -0.2) is 4.79 Å². The minimum atomic E-state index is -0.967. The topological polar surface area (TPSA) is 69.6 Å². The van der Waals surface area contributed by atoms with Crippen molar-refractivity contribution in [1.82, 2.24) is 10.2 Å². The second kappa shape index (κ2) is 6.95. The van der Waals surface area contributed by atoms with Crippen molar-refractivity contribution in [2.75, 3.05) is 13.1 Å². The second-order valence-corrected chi connectivity index (χ2v) is 7.06. The van der Waals surface area contributed by atoms with E-state index < -0.39 is 5.97 Å². The van der Waals surface area contributed by atoms with Crippen LogP contribution in [-0.4, -0.2) is 41.1 Å². The summed E-state index contributed by atoms with van der Waals surface area (Å²) in [6.07, 6.45) is 4.14. The van der Waals surface area contributed by atoms with Gasteiger partial charge in [0.05, 0.1) is 0 Å². The average Bonchev–Trinajstić information content (AvgIpc) is 2.29. The maximum absolute atomic E-state index is 12.2. The molecule has 0 aliphatic heterocycles. The van der Waals surface area contributed by atoms with Crippen LogP contribution < -0.4 is 5.32 Å². The third kappa shape index (κ3) is 5.80. The van der Waals surface area contributed by atoms with Gasteiger partial charge in [0.25, 0.3) is 0 Å². The number of rotatable bonds is 5. The van der Waals surface area contributed by atoms with Gasteiger partial charge in [-0.3, -0.25) is 4.79 Å². The predicted molar refractivity (Wildman–Crippen MR) is 78.6 cm³/mol. The fourth-order valence-electron chi connectivity index (χ4n) is 2.63. The summed E-state index contributed by atoms with van der Waals surface area (Å²) in [5, 5.41) is 11.9. The average molecular weight is 284 g/mol. The second-order valence-electron chi connectivity index (χ2n) is 7.06. The smallest absolute Gasteiger partial charge is 0.323 e. The Hall–Kier alpha value is -1.26. The lowest BCUT2D eigenvalue weighted by Gasteiger charge is -2.35. The molecule has 1 saturated carbocycles. The molecule has 20 heavy (non-hydrogen) atoms. The van der Waals surface area contributed by atoms with E-state index in [0.29, 0.717) is 12.0 Å². The lowest BCUT2D eigenvalue weighted by Crippen LogP contribution is -2.49.